The molecule has 0 spiro atoms. The van der Waals surface area contributed by atoms with Crippen molar-refractivity contribution in [2.75, 3.05) is 7.11 Å². The van der Waals surface area contributed by atoms with Crippen molar-refractivity contribution in [1.29, 1.82) is 0 Å². The number of hydrogen-bond acceptors (Lipinski definition) is 2. The zero-order valence-electron chi connectivity index (χ0n) is 11.0. The minimum absolute atomic E-state index is 0.368. The Balaban J connectivity index is 2.38. The van der Waals surface area contributed by atoms with Gasteiger partial charge in [-0.2, -0.15) is 0 Å². The molecule has 0 saturated carbocycles. The molecule has 0 heterocycles. The average molecular weight is 248 g/mol. The maximum atomic E-state index is 11.0. The molecule has 1 aliphatic rings. The monoisotopic (exact) mass is 248 g/mol. The van der Waals surface area contributed by atoms with E-state index in [4.69, 9.17) is 9.84 Å². The Kier molecular flexibility index (Phi) is 3.90. The minimum Gasteiger partial charge on any atom is -0.496 e. The van der Waals surface area contributed by atoms with Crippen LogP contribution in [0.2, 0.25) is 0 Å². The molecule has 1 atom stereocenters. The van der Waals surface area contributed by atoms with Gasteiger partial charge in [-0.15, -0.1) is 0 Å². The van der Waals surface area contributed by atoms with Crippen LogP contribution in [0.5, 0.6) is 5.75 Å². The molecule has 1 aromatic carbocycles. The fourth-order valence-corrected chi connectivity index (χ4v) is 2.69. The van der Waals surface area contributed by atoms with Crippen molar-refractivity contribution in [1.82, 2.24) is 0 Å². The molecule has 0 aliphatic heterocycles. The summed E-state index contributed by atoms with van der Waals surface area (Å²) in [4.78, 5) is 11.0. The highest BCUT2D eigenvalue weighted by atomic mass is 16.5. The predicted molar refractivity (Wildman–Crippen MR) is 70.1 cm³/mol. The first kappa shape index (κ1) is 12.9. The molecule has 2 rings (SSSR count). The van der Waals surface area contributed by atoms with Gasteiger partial charge in [0.25, 0.3) is 0 Å². The molecule has 0 aromatic heterocycles. The molecule has 0 saturated heterocycles. The fraction of sp³-hybridized carbons (Fsp3) is 0.533. The Hall–Kier alpha value is -1.51. The van der Waals surface area contributed by atoms with E-state index in [-0.39, 0.29) is 5.92 Å². The summed E-state index contributed by atoms with van der Waals surface area (Å²) in [5, 5.41) is 9.07. The molecule has 0 bridgehead atoms. The van der Waals surface area contributed by atoms with E-state index >= 15 is 0 Å². The van der Waals surface area contributed by atoms with Gasteiger partial charge < -0.3 is 9.84 Å². The Labute approximate surface area is 108 Å². The zero-order chi connectivity index (χ0) is 13.1. The van der Waals surface area contributed by atoms with Crippen molar-refractivity contribution in [3.63, 3.8) is 0 Å². The fourth-order valence-electron chi connectivity index (χ4n) is 2.69. The third-order valence-corrected chi connectivity index (χ3v) is 3.76. The quantitative estimate of drug-likeness (QED) is 0.891. The number of aryl methyl sites for hydroxylation is 1. The van der Waals surface area contributed by atoms with Gasteiger partial charge in [-0.25, -0.2) is 0 Å². The number of carbonyl (C=O) groups is 1. The van der Waals surface area contributed by atoms with Crippen molar-refractivity contribution < 1.29 is 14.6 Å². The lowest BCUT2D eigenvalue weighted by atomic mass is 9.85. The number of ether oxygens (including phenoxy) is 1. The van der Waals surface area contributed by atoms with Gasteiger partial charge in [0.2, 0.25) is 0 Å². The molecule has 18 heavy (non-hydrogen) atoms. The first-order valence-electron chi connectivity index (χ1n) is 6.54. The molecule has 3 heteroatoms. The first-order chi connectivity index (χ1) is 8.63. The minimum atomic E-state index is -0.745. The van der Waals surface area contributed by atoms with Crippen LogP contribution in [0.15, 0.2) is 12.1 Å². The summed E-state index contributed by atoms with van der Waals surface area (Å²) < 4.78 is 5.40. The molecule has 1 aromatic rings. The van der Waals surface area contributed by atoms with Crippen LogP contribution >= 0.6 is 0 Å². The topological polar surface area (TPSA) is 46.5 Å². The lowest BCUT2D eigenvalue weighted by molar-refractivity contribution is -0.141. The van der Waals surface area contributed by atoms with Gasteiger partial charge in [-0.05, 0) is 54.9 Å². The molecule has 0 amide bonds. The van der Waals surface area contributed by atoms with Crippen molar-refractivity contribution in [3.05, 3.63) is 28.8 Å². The lowest BCUT2D eigenvalue weighted by Gasteiger charge is -2.22. The number of carboxylic acids is 1. The maximum absolute atomic E-state index is 11.0. The molecule has 1 unspecified atom stereocenters. The number of hydrogen-bond donors (Lipinski definition) is 1. The molecule has 1 aliphatic carbocycles. The van der Waals surface area contributed by atoms with Crippen LogP contribution in [0, 0.1) is 5.92 Å². The summed E-state index contributed by atoms with van der Waals surface area (Å²) in [6, 6.07) is 4.11. The van der Waals surface area contributed by atoms with E-state index in [1.54, 1.807) is 14.0 Å². The standard InChI is InChI=1S/C15H20O3/c1-10(15(16)17)9-13-12-6-4-3-5-11(12)7-8-14(13)18-2/h7-8,10H,3-6,9H2,1-2H3,(H,16,17). The molecule has 3 nitrogen and oxygen atoms in total. The third-order valence-electron chi connectivity index (χ3n) is 3.76. The summed E-state index contributed by atoms with van der Waals surface area (Å²) in [7, 11) is 1.65. The number of aliphatic carboxylic acids is 1. The van der Waals surface area contributed by atoms with Gasteiger partial charge in [0.15, 0.2) is 0 Å². The van der Waals surface area contributed by atoms with Crippen molar-refractivity contribution >= 4 is 5.97 Å². The van der Waals surface area contributed by atoms with E-state index in [1.807, 2.05) is 6.07 Å². The Morgan fingerprint density at radius 1 is 1.39 bits per heavy atom. The number of benzene rings is 1. The summed E-state index contributed by atoms with van der Waals surface area (Å²) in [6.07, 6.45) is 5.13. The van der Waals surface area contributed by atoms with E-state index < -0.39 is 5.97 Å². The number of methoxy groups -OCH3 is 1. The second kappa shape index (κ2) is 5.42. The van der Waals surface area contributed by atoms with Crippen molar-refractivity contribution in [2.24, 2.45) is 5.92 Å². The third kappa shape index (κ3) is 2.50. The lowest BCUT2D eigenvalue weighted by Crippen LogP contribution is -2.16. The Morgan fingerprint density at radius 3 is 2.78 bits per heavy atom. The Morgan fingerprint density at radius 2 is 2.11 bits per heavy atom. The molecule has 1 N–H and O–H groups in total. The van der Waals surface area contributed by atoms with Crippen LogP contribution in [0.4, 0.5) is 0 Å². The number of carboxylic acid groups (broad SMARTS) is 1. The average Bonchev–Trinajstić information content (AvgIpc) is 2.39. The molecular formula is C15H20O3. The molecule has 98 valence electrons. The van der Waals surface area contributed by atoms with Crippen LogP contribution in [-0.4, -0.2) is 18.2 Å². The highest BCUT2D eigenvalue weighted by Gasteiger charge is 2.21. The van der Waals surface area contributed by atoms with Gasteiger partial charge >= 0.3 is 5.97 Å². The van der Waals surface area contributed by atoms with E-state index in [9.17, 15) is 4.79 Å². The first-order valence-corrected chi connectivity index (χ1v) is 6.54. The van der Waals surface area contributed by atoms with Crippen LogP contribution in [0.25, 0.3) is 0 Å². The van der Waals surface area contributed by atoms with Gasteiger partial charge in [-0.3, -0.25) is 4.79 Å². The number of rotatable bonds is 4. The van der Waals surface area contributed by atoms with E-state index in [2.05, 4.69) is 6.07 Å². The summed E-state index contributed by atoms with van der Waals surface area (Å²) in [5.41, 5.74) is 3.80. The second-order valence-corrected chi connectivity index (χ2v) is 5.03. The van der Waals surface area contributed by atoms with Crippen LogP contribution in [0.1, 0.15) is 36.5 Å². The predicted octanol–water partition coefficient (Wildman–Crippen LogP) is 2.84. The zero-order valence-corrected chi connectivity index (χ0v) is 11.0. The van der Waals surface area contributed by atoms with Crippen LogP contribution in [-0.2, 0) is 24.1 Å². The van der Waals surface area contributed by atoms with Crippen LogP contribution < -0.4 is 4.74 Å². The smallest absolute Gasteiger partial charge is 0.306 e. The Bertz CT molecular complexity index is 451. The summed E-state index contributed by atoms with van der Waals surface area (Å²) >= 11 is 0. The van der Waals surface area contributed by atoms with Crippen molar-refractivity contribution in [3.8, 4) is 5.75 Å². The van der Waals surface area contributed by atoms with Crippen LogP contribution in [0.3, 0.4) is 0 Å². The molecular weight excluding hydrogens is 228 g/mol. The summed E-state index contributed by atoms with van der Waals surface area (Å²) in [5.74, 6) is -0.276. The van der Waals surface area contributed by atoms with Crippen molar-refractivity contribution in [2.45, 2.75) is 39.0 Å². The maximum Gasteiger partial charge on any atom is 0.306 e. The van der Waals surface area contributed by atoms with Gasteiger partial charge in [-0.1, -0.05) is 13.0 Å². The number of fused-ring (bicyclic) bond motifs is 1. The van der Waals surface area contributed by atoms with Gasteiger partial charge in [0.05, 0.1) is 13.0 Å². The molecule has 0 radical (unpaired) electrons. The SMILES string of the molecule is COc1ccc2c(c1CC(C)C(=O)O)CCCC2. The highest BCUT2D eigenvalue weighted by Crippen LogP contribution is 2.32. The van der Waals surface area contributed by atoms with E-state index in [0.29, 0.717) is 6.42 Å². The van der Waals surface area contributed by atoms with Gasteiger partial charge in [0, 0.05) is 0 Å². The summed E-state index contributed by atoms with van der Waals surface area (Å²) in [6.45, 7) is 1.75. The second-order valence-electron chi connectivity index (χ2n) is 5.03. The molecule has 0 fully saturated rings. The van der Waals surface area contributed by atoms with Gasteiger partial charge in [0.1, 0.15) is 5.75 Å². The van der Waals surface area contributed by atoms with E-state index in [1.165, 1.54) is 24.0 Å². The van der Waals surface area contributed by atoms with E-state index in [0.717, 1.165) is 24.2 Å². The normalized spacial score (nSPS) is 15.9. The highest BCUT2D eigenvalue weighted by molar-refractivity contribution is 5.70. The largest absolute Gasteiger partial charge is 0.496 e.